The van der Waals surface area contributed by atoms with E-state index in [2.05, 4.69) is 30.2 Å². The van der Waals surface area contributed by atoms with E-state index in [1.165, 1.54) is 0 Å². The molecule has 0 saturated carbocycles. The number of hydrogen-bond donors (Lipinski definition) is 2. The maximum absolute atomic E-state index is 13.8. The Morgan fingerprint density at radius 2 is 1.74 bits per heavy atom. The summed E-state index contributed by atoms with van der Waals surface area (Å²) < 4.78 is 5.56. The first-order valence-electron chi connectivity index (χ1n) is 15.3. The van der Waals surface area contributed by atoms with Gasteiger partial charge in [0.1, 0.15) is 11.4 Å². The molecule has 11 nitrogen and oxygen atoms in total. The number of rotatable bonds is 3. The van der Waals surface area contributed by atoms with Gasteiger partial charge in [-0.2, -0.15) is 0 Å². The average Bonchev–Trinajstić information content (AvgIpc) is 2.99. The summed E-state index contributed by atoms with van der Waals surface area (Å²) in [5, 5.41) is 22.5. The third kappa shape index (κ3) is 5.97. The molecule has 2 amide bonds. The predicted octanol–water partition coefficient (Wildman–Crippen LogP) is 3.40. The molecule has 1 aromatic carbocycles. The van der Waals surface area contributed by atoms with E-state index in [4.69, 9.17) is 4.74 Å². The van der Waals surface area contributed by atoms with Crippen molar-refractivity contribution >= 4 is 23.5 Å². The molecule has 0 radical (unpaired) electrons. The Kier molecular flexibility index (Phi) is 7.87. The number of anilines is 2. The molecule has 3 saturated heterocycles. The molecule has 0 bridgehead atoms. The number of piperazine rings is 1. The van der Waals surface area contributed by atoms with Crippen LogP contribution >= 0.6 is 0 Å². The summed E-state index contributed by atoms with van der Waals surface area (Å²) in [4.78, 5) is 35.0. The minimum absolute atomic E-state index is 0.0107. The van der Waals surface area contributed by atoms with Gasteiger partial charge in [0.25, 0.3) is 0 Å². The number of carbonyl (C=O) groups is 2. The van der Waals surface area contributed by atoms with Crippen LogP contribution in [0.4, 0.5) is 16.3 Å². The maximum Gasteiger partial charge on any atom is 0.410 e. The number of nitrogens with zero attached hydrogens (tertiary/aromatic N) is 6. The number of para-hydroxylation sites is 1. The van der Waals surface area contributed by atoms with Crippen LogP contribution in [0.25, 0.3) is 11.3 Å². The van der Waals surface area contributed by atoms with Crippen molar-refractivity contribution < 1.29 is 19.4 Å². The van der Waals surface area contributed by atoms with E-state index in [0.717, 1.165) is 56.8 Å². The smallest absolute Gasteiger partial charge is 0.410 e. The van der Waals surface area contributed by atoms with E-state index >= 15 is 0 Å². The van der Waals surface area contributed by atoms with Crippen LogP contribution in [0, 0.1) is 5.92 Å². The van der Waals surface area contributed by atoms with Crippen LogP contribution in [0.1, 0.15) is 46.5 Å². The second-order valence-electron chi connectivity index (χ2n) is 13.0. The van der Waals surface area contributed by atoms with E-state index in [9.17, 15) is 14.7 Å². The number of ether oxygens (including phenoxy) is 1. The lowest BCUT2D eigenvalue weighted by Gasteiger charge is -2.47. The molecule has 2 N–H and O–H groups in total. The third-order valence-corrected chi connectivity index (χ3v) is 9.00. The highest BCUT2D eigenvalue weighted by atomic mass is 16.6. The minimum Gasteiger partial charge on any atom is -0.507 e. The highest BCUT2D eigenvalue weighted by Gasteiger charge is 2.39. The molecule has 2 atom stereocenters. The number of hydrogen-bond acceptors (Lipinski definition) is 9. The topological polar surface area (TPSA) is 114 Å². The van der Waals surface area contributed by atoms with Crippen LogP contribution in [-0.2, 0) is 9.53 Å². The van der Waals surface area contributed by atoms with Gasteiger partial charge in [-0.3, -0.25) is 9.69 Å². The van der Waals surface area contributed by atoms with Crippen molar-refractivity contribution in [1.29, 1.82) is 0 Å². The Hall–Kier alpha value is -3.60. The van der Waals surface area contributed by atoms with Crippen molar-refractivity contribution in [2.75, 3.05) is 62.6 Å². The van der Waals surface area contributed by atoms with Crippen molar-refractivity contribution in [1.82, 2.24) is 24.9 Å². The highest BCUT2D eigenvalue weighted by molar-refractivity contribution is 5.81. The first kappa shape index (κ1) is 28.5. The van der Waals surface area contributed by atoms with Gasteiger partial charge in [-0.05, 0) is 71.2 Å². The Morgan fingerprint density at radius 1 is 0.952 bits per heavy atom. The van der Waals surface area contributed by atoms with Crippen LogP contribution in [0.5, 0.6) is 5.75 Å². The van der Waals surface area contributed by atoms with Crippen molar-refractivity contribution in [2.24, 2.45) is 5.92 Å². The van der Waals surface area contributed by atoms with Crippen LogP contribution in [0.2, 0.25) is 0 Å². The van der Waals surface area contributed by atoms with E-state index in [1.54, 1.807) is 12.1 Å². The summed E-state index contributed by atoms with van der Waals surface area (Å²) in [5.74, 6) is 1.19. The zero-order valence-corrected chi connectivity index (χ0v) is 25.0. The van der Waals surface area contributed by atoms with Crippen molar-refractivity contribution in [3.63, 3.8) is 0 Å². The summed E-state index contributed by atoms with van der Waals surface area (Å²) in [6, 6.07) is 9.69. The second kappa shape index (κ2) is 11.6. The molecule has 3 fully saturated rings. The molecule has 0 unspecified atom stereocenters. The number of aromatic hydroxyl groups is 1. The van der Waals surface area contributed by atoms with E-state index in [-0.39, 0.29) is 29.7 Å². The number of aromatic nitrogens is 2. The summed E-state index contributed by atoms with van der Waals surface area (Å²) in [6.07, 6.45) is 3.55. The van der Waals surface area contributed by atoms with Gasteiger partial charge >= 0.3 is 6.09 Å². The summed E-state index contributed by atoms with van der Waals surface area (Å²) in [5.41, 5.74) is 1.77. The quantitative estimate of drug-likeness (QED) is 0.567. The zero-order valence-electron chi connectivity index (χ0n) is 25.0. The fourth-order valence-electron chi connectivity index (χ4n) is 6.85. The van der Waals surface area contributed by atoms with Gasteiger partial charge in [0.05, 0.1) is 23.3 Å². The molecule has 1 aromatic heterocycles. The van der Waals surface area contributed by atoms with Gasteiger partial charge in [-0.15, -0.1) is 10.2 Å². The Morgan fingerprint density at radius 3 is 2.50 bits per heavy atom. The maximum atomic E-state index is 13.8. The zero-order chi connectivity index (χ0) is 29.4. The number of phenolic OH excluding ortho intramolecular Hbond substituents is 1. The van der Waals surface area contributed by atoms with Gasteiger partial charge in [0.2, 0.25) is 5.91 Å². The van der Waals surface area contributed by atoms with Gasteiger partial charge in [0, 0.05) is 57.4 Å². The fourth-order valence-corrected chi connectivity index (χ4v) is 6.85. The molecule has 4 aliphatic heterocycles. The van der Waals surface area contributed by atoms with Crippen LogP contribution in [0.15, 0.2) is 30.3 Å². The normalized spacial score (nSPS) is 23.5. The molecule has 5 heterocycles. The van der Waals surface area contributed by atoms with E-state index < -0.39 is 5.60 Å². The highest BCUT2D eigenvalue weighted by Crippen LogP contribution is 2.36. The fraction of sp³-hybridized carbons (Fsp3) is 0.613. The molecule has 4 aliphatic rings. The van der Waals surface area contributed by atoms with Gasteiger partial charge < -0.3 is 29.9 Å². The molecular formula is C31H43N7O4. The number of likely N-dealkylation sites (tertiary alicyclic amines) is 2. The van der Waals surface area contributed by atoms with Gasteiger partial charge in [-0.1, -0.05) is 12.1 Å². The molecule has 42 heavy (non-hydrogen) atoms. The first-order valence-corrected chi connectivity index (χ1v) is 15.3. The summed E-state index contributed by atoms with van der Waals surface area (Å²) in [6.45, 7) is 11.7. The molecular weight excluding hydrogens is 534 g/mol. The molecule has 11 heteroatoms. The molecule has 6 rings (SSSR count). The summed E-state index contributed by atoms with van der Waals surface area (Å²) >= 11 is 0. The number of amides is 2. The van der Waals surface area contributed by atoms with Crippen molar-refractivity contribution in [3.05, 3.63) is 30.3 Å². The van der Waals surface area contributed by atoms with Crippen LogP contribution in [-0.4, -0.2) is 112 Å². The van der Waals surface area contributed by atoms with Gasteiger partial charge in [-0.25, -0.2) is 4.79 Å². The predicted molar refractivity (Wildman–Crippen MR) is 160 cm³/mol. The molecule has 0 aliphatic carbocycles. The van der Waals surface area contributed by atoms with Crippen molar-refractivity contribution in [2.45, 2.75) is 64.1 Å². The van der Waals surface area contributed by atoms with E-state index in [0.29, 0.717) is 50.0 Å². The van der Waals surface area contributed by atoms with Crippen molar-refractivity contribution in [3.8, 4) is 17.0 Å². The largest absolute Gasteiger partial charge is 0.507 e. The summed E-state index contributed by atoms with van der Waals surface area (Å²) in [7, 11) is 0. The molecule has 2 aromatic rings. The Labute approximate surface area is 247 Å². The Bertz CT molecular complexity index is 1310. The number of piperidine rings is 2. The number of fused-ring (bicyclic) bond motifs is 3. The Balaban J connectivity index is 1.05. The SMILES string of the molecule is CC(C)(C)OC(=O)N1CCC(N2CCC[C@@H](C(=O)N3CCN4c5cc(-c6ccccc6O)nnc5NC[C@H]4C3)C2)CC1. The number of benzene rings is 1. The van der Waals surface area contributed by atoms with E-state index in [1.807, 2.05) is 43.9 Å². The van der Waals surface area contributed by atoms with Crippen LogP contribution < -0.4 is 10.2 Å². The lowest BCUT2D eigenvalue weighted by molar-refractivity contribution is -0.138. The standard InChI is InChI=1S/C31H43N7O4/c1-31(2,3)42-30(41)35-13-10-22(11-14-35)36-12-6-7-21(19-36)29(40)37-15-16-38-23(20-37)18-32-28-26(38)17-25(33-34-28)24-8-4-5-9-27(24)39/h4-5,8-9,17,21-23,39H,6-7,10-16,18-20H2,1-3H3,(H,32,34)/t21-,23+/m1/s1. The number of carbonyl (C=O) groups excluding carboxylic acids is 2. The number of nitrogens with one attached hydrogen (secondary N) is 1. The second-order valence-corrected chi connectivity index (χ2v) is 13.0. The third-order valence-electron chi connectivity index (χ3n) is 9.00. The van der Waals surface area contributed by atoms with Gasteiger partial charge in [0.15, 0.2) is 5.82 Å². The monoisotopic (exact) mass is 577 g/mol. The lowest BCUT2D eigenvalue weighted by Crippen LogP contribution is -2.60. The first-order chi connectivity index (χ1) is 20.2. The molecule has 0 spiro atoms. The minimum atomic E-state index is -0.486. The average molecular weight is 578 g/mol. The number of phenols is 1. The molecule has 226 valence electrons. The van der Waals surface area contributed by atoms with Crippen LogP contribution in [0.3, 0.4) is 0 Å². The lowest BCUT2D eigenvalue weighted by atomic mass is 9.92.